The first kappa shape index (κ1) is 14.3. The third kappa shape index (κ3) is 3.25. The van der Waals surface area contributed by atoms with Gasteiger partial charge in [-0.25, -0.2) is 0 Å². The summed E-state index contributed by atoms with van der Waals surface area (Å²) in [6, 6.07) is 0. The van der Waals surface area contributed by atoms with Gasteiger partial charge in [0.1, 0.15) is 0 Å². The van der Waals surface area contributed by atoms with Crippen LogP contribution in [0.5, 0.6) is 0 Å². The largest absolute Gasteiger partial charge is 0.377 e. The summed E-state index contributed by atoms with van der Waals surface area (Å²) >= 11 is 0. The summed E-state index contributed by atoms with van der Waals surface area (Å²) in [5.41, 5.74) is -0.408. The van der Waals surface area contributed by atoms with E-state index in [1.165, 1.54) is 0 Å². The molecule has 2 heterocycles. The fraction of sp³-hybridized carbons (Fsp3) is 0.846. The summed E-state index contributed by atoms with van der Waals surface area (Å²) in [6.45, 7) is 8.26. The Balaban J connectivity index is 2.03. The van der Waals surface area contributed by atoms with E-state index in [1.54, 1.807) is 9.80 Å². The summed E-state index contributed by atoms with van der Waals surface area (Å²) in [6.07, 6.45) is 0.894. The van der Waals surface area contributed by atoms with Crippen LogP contribution in [-0.2, 0) is 14.3 Å². The summed E-state index contributed by atoms with van der Waals surface area (Å²) in [7, 11) is 0. The van der Waals surface area contributed by atoms with Crippen molar-refractivity contribution in [2.24, 2.45) is 0 Å². The van der Waals surface area contributed by atoms with E-state index >= 15 is 0 Å². The van der Waals surface area contributed by atoms with Gasteiger partial charge in [-0.15, -0.1) is 0 Å². The summed E-state index contributed by atoms with van der Waals surface area (Å²) in [5, 5.41) is 3.23. The molecule has 0 unspecified atom stereocenters. The fourth-order valence-electron chi connectivity index (χ4n) is 2.53. The van der Waals surface area contributed by atoms with Gasteiger partial charge in [0, 0.05) is 26.2 Å². The first-order valence-electron chi connectivity index (χ1n) is 6.92. The molecule has 2 amide bonds. The van der Waals surface area contributed by atoms with Crippen molar-refractivity contribution in [3.05, 3.63) is 0 Å². The molecule has 0 atom stereocenters. The highest BCUT2D eigenvalue weighted by Gasteiger charge is 2.38. The van der Waals surface area contributed by atoms with Gasteiger partial charge < -0.3 is 19.9 Å². The lowest BCUT2D eigenvalue weighted by atomic mass is 10.0. The third-order valence-electron chi connectivity index (χ3n) is 3.70. The second-order valence-corrected chi connectivity index (χ2v) is 5.72. The Morgan fingerprint density at radius 2 is 1.89 bits per heavy atom. The molecule has 108 valence electrons. The molecule has 0 aliphatic carbocycles. The van der Waals surface area contributed by atoms with Crippen molar-refractivity contribution in [1.82, 2.24) is 15.1 Å². The summed E-state index contributed by atoms with van der Waals surface area (Å²) in [4.78, 5) is 28.0. The molecule has 0 aromatic heterocycles. The van der Waals surface area contributed by atoms with Gasteiger partial charge in [-0.1, -0.05) is 0 Å². The lowest BCUT2D eigenvalue weighted by Gasteiger charge is -2.42. The fourth-order valence-corrected chi connectivity index (χ4v) is 2.53. The molecule has 0 spiro atoms. The second kappa shape index (κ2) is 5.88. The molecule has 6 heteroatoms. The van der Waals surface area contributed by atoms with E-state index in [0.717, 1.165) is 19.5 Å². The number of nitrogens with zero attached hydrogens (tertiary/aromatic N) is 2. The quantitative estimate of drug-likeness (QED) is 0.599. The average Bonchev–Trinajstić information content (AvgIpc) is 2.65. The number of morpholine rings is 1. The van der Waals surface area contributed by atoms with Crippen LogP contribution in [0.15, 0.2) is 0 Å². The normalized spacial score (nSPS) is 23.9. The molecule has 0 saturated carbocycles. The van der Waals surface area contributed by atoms with Gasteiger partial charge in [-0.3, -0.25) is 9.59 Å². The SMILES string of the molecule is CC1(C)COCCN1C(=O)C(=O)N1CCCNCC1. The van der Waals surface area contributed by atoms with Crippen molar-refractivity contribution >= 4 is 11.8 Å². The van der Waals surface area contributed by atoms with Crippen molar-refractivity contribution in [1.29, 1.82) is 0 Å². The van der Waals surface area contributed by atoms with Gasteiger partial charge in [0.2, 0.25) is 0 Å². The monoisotopic (exact) mass is 269 g/mol. The highest BCUT2D eigenvalue weighted by Crippen LogP contribution is 2.19. The van der Waals surface area contributed by atoms with Crippen molar-refractivity contribution in [2.45, 2.75) is 25.8 Å². The van der Waals surface area contributed by atoms with E-state index < -0.39 is 11.4 Å². The van der Waals surface area contributed by atoms with Gasteiger partial charge in [0.25, 0.3) is 0 Å². The van der Waals surface area contributed by atoms with Gasteiger partial charge in [-0.05, 0) is 26.8 Å². The minimum Gasteiger partial charge on any atom is -0.377 e. The summed E-state index contributed by atoms with van der Waals surface area (Å²) < 4.78 is 5.38. The Kier molecular flexibility index (Phi) is 4.42. The first-order valence-corrected chi connectivity index (χ1v) is 6.92. The van der Waals surface area contributed by atoms with Crippen molar-refractivity contribution < 1.29 is 14.3 Å². The van der Waals surface area contributed by atoms with Gasteiger partial charge in [-0.2, -0.15) is 0 Å². The Morgan fingerprint density at radius 1 is 1.11 bits per heavy atom. The number of ether oxygens (including phenoxy) is 1. The average molecular weight is 269 g/mol. The molecule has 2 fully saturated rings. The van der Waals surface area contributed by atoms with Crippen LogP contribution in [0.25, 0.3) is 0 Å². The maximum atomic E-state index is 12.4. The minimum atomic E-state index is -0.408. The number of nitrogens with one attached hydrogen (secondary N) is 1. The lowest BCUT2D eigenvalue weighted by molar-refractivity contribution is -0.160. The first-order chi connectivity index (χ1) is 9.02. The maximum Gasteiger partial charge on any atom is 0.312 e. The van der Waals surface area contributed by atoms with E-state index in [0.29, 0.717) is 32.8 Å². The number of amides is 2. The Hall–Kier alpha value is -1.14. The van der Waals surface area contributed by atoms with Crippen molar-refractivity contribution in [3.63, 3.8) is 0 Å². The van der Waals surface area contributed by atoms with Crippen LogP contribution in [0.1, 0.15) is 20.3 Å². The van der Waals surface area contributed by atoms with Gasteiger partial charge in [0.05, 0.1) is 18.8 Å². The Morgan fingerprint density at radius 3 is 2.63 bits per heavy atom. The highest BCUT2D eigenvalue weighted by molar-refractivity contribution is 6.35. The zero-order chi connectivity index (χ0) is 13.9. The molecule has 2 aliphatic rings. The maximum absolute atomic E-state index is 12.4. The molecular weight excluding hydrogens is 246 g/mol. The molecular formula is C13H23N3O3. The zero-order valence-corrected chi connectivity index (χ0v) is 11.8. The summed E-state index contributed by atoms with van der Waals surface area (Å²) in [5.74, 6) is -0.770. The Bertz CT molecular complexity index is 349. The van der Waals surface area contributed by atoms with Crippen LogP contribution in [0.3, 0.4) is 0 Å². The second-order valence-electron chi connectivity index (χ2n) is 5.72. The standard InChI is InChI=1S/C13H23N3O3/c1-13(2)10-19-9-8-16(13)12(18)11(17)15-6-3-4-14-5-7-15/h14H,3-10H2,1-2H3. The smallest absolute Gasteiger partial charge is 0.312 e. The third-order valence-corrected chi connectivity index (χ3v) is 3.70. The van der Waals surface area contributed by atoms with Crippen molar-refractivity contribution in [3.8, 4) is 0 Å². The molecule has 0 radical (unpaired) electrons. The molecule has 1 N–H and O–H groups in total. The van der Waals surface area contributed by atoms with Crippen LogP contribution in [-0.4, -0.2) is 73.1 Å². The van der Waals surface area contributed by atoms with Crippen LogP contribution < -0.4 is 5.32 Å². The van der Waals surface area contributed by atoms with Gasteiger partial charge in [0.15, 0.2) is 0 Å². The molecule has 19 heavy (non-hydrogen) atoms. The number of hydrogen-bond donors (Lipinski definition) is 1. The van der Waals surface area contributed by atoms with E-state index in [2.05, 4.69) is 5.32 Å². The van der Waals surface area contributed by atoms with Crippen LogP contribution in [0.2, 0.25) is 0 Å². The van der Waals surface area contributed by atoms with E-state index in [-0.39, 0.29) is 5.91 Å². The lowest BCUT2D eigenvalue weighted by Crippen LogP contribution is -2.59. The van der Waals surface area contributed by atoms with E-state index in [9.17, 15) is 9.59 Å². The van der Waals surface area contributed by atoms with Gasteiger partial charge >= 0.3 is 11.8 Å². The van der Waals surface area contributed by atoms with Crippen LogP contribution in [0.4, 0.5) is 0 Å². The molecule has 0 aromatic carbocycles. The molecule has 2 aliphatic heterocycles. The number of carbonyl (C=O) groups excluding carboxylic acids is 2. The van der Waals surface area contributed by atoms with E-state index in [1.807, 2.05) is 13.8 Å². The van der Waals surface area contributed by atoms with Crippen LogP contribution in [0, 0.1) is 0 Å². The number of rotatable bonds is 0. The minimum absolute atomic E-state index is 0.376. The molecule has 0 aromatic rings. The predicted octanol–water partition coefficient (Wildman–Crippen LogP) is -0.554. The molecule has 6 nitrogen and oxygen atoms in total. The molecule has 2 rings (SSSR count). The van der Waals surface area contributed by atoms with Crippen LogP contribution >= 0.6 is 0 Å². The molecule has 2 saturated heterocycles. The van der Waals surface area contributed by atoms with Crippen molar-refractivity contribution in [2.75, 3.05) is 45.9 Å². The predicted molar refractivity (Wildman–Crippen MR) is 70.7 cm³/mol. The number of hydrogen-bond acceptors (Lipinski definition) is 4. The zero-order valence-electron chi connectivity index (χ0n) is 11.8. The topological polar surface area (TPSA) is 61.9 Å². The highest BCUT2D eigenvalue weighted by atomic mass is 16.5. The Labute approximate surface area is 114 Å². The number of carbonyl (C=O) groups is 2. The van der Waals surface area contributed by atoms with E-state index in [4.69, 9.17) is 4.74 Å². The molecule has 0 bridgehead atoms.